The first kappa shape index (κ1) is 33.2. The number of hydrogen-bond donors (Lipinski definition) is 3. The van der Waals surface area contributed by atoms with E-state index < -0.39 is 28.2 Å². The molecule has 3 N–H and O–H groups in total. The first-order valence-electron chi connectivity index (χ1n) is 15.5. The molecule has 0 aromatic heterocycles. The third kappa shape index (κ3) is 6.98. The van der Waals surface area contributed by atoms with Crippen LogP contribution in [0.25, 0.3) is 0 Å². The standard InChI is InChI=1S/C34H42N4O7S/c1-22-19-38(23(2)21-39)33(40)28-12-8-14-30(36-34(41)35-29-13-7-10-24-9-5-6-11-27(24)29)32(28)45-31(22)20-37(3)46(42,43)26-17-15-25(44-4)16-18-26/h5-6,8-9,11-12,14-18,22-23,29,31,39H,7,10,13,19-21H2,1-4H3,(H2,35,36,41)/t22-,23+,29?,31+/m1/s1. The molecule has 246 valence electrons. The molecule has 2 aliphatic rings. The number of sulfonamides is 1. The number of para-hydroxylation sites is 1. The van der Waals surface area contributed by atoms with Crippen LogP contribution in [-0.2, 0) is 16.4 Å². The second kappa shape index (κ2) is 14.1. The van der Waals surface area contributed by atoms with E-state index in [-0.39, 0.29) is 59.5 Å². The lowest BCUT2D eigenvalue weighted by Gasteiger charge is -2.38. The summed E-state index contributed by atoms with van der Waals surface area (Å²) in [6.45, 7) is 3.55. The van der Waals surface area contributed by atoms with Crippen molar-refractivity contribution in [2.75, 3.05) is 39.2 Å². The van der Waals surface area contributed by atoms with E-state index in [0.29, 0.717) is 5.75 Å². The first-order chi connectivity index (χ1) is 22.0. The highest BCUT2D eigenvalue weighted by Gasteiger charge is 2.36. The van der Waals surface area contributed by atoms with Gasteiger partial charge in [-0.2, -0.15) is 4.31 Å². The topological polar surface area (TPSA) is 138 Å². The number of benzene rings is 3. The number of urea groups is 1. The minimum absolute atomic E-state index is 0.0378. The SMILES string of the molecule is COc1ccc(S(=O)(=O)N(C)C[C@@H]2Oc3c(NC(=O)NC4CCCc5ccccc54)cccc3C(=O)N([C@@H](C)CO)C[C@H]2C)cc1. The Bertz CT molecular complexity index is 1660. The molecule has 0 radical (unpaired) electrons. The van der Waals surface area contributed by atoms with Crippen LogP contribution < -0.4 is 20.1 Å². The summed E-state index contributed by atoms with van der Waals surface area (Å²) in [7, 11) is -0.914. The number of ether oxygens (including phenoxy) is 2. The molecule has 11 nitrogen and oxygen atoms in total. The third-order valence-corrected chi connectivity index (χ3v) is 10.7. The Hall–Kier alpha value is -4.13. The van der Waals surface area contributed by atoms with Crippen molar-refractivity contribution in [3.8, 4) is 11.5 Å². The fourth-order valence-corrected chi connectivity index (χ4v) is 7.24. The van der Waals surface area contributed by atoms with Gasteiger partial charge in [0.15, 0.2) is 5.75 Å². The molecule has 1 aliphatic heterocycles. The number of aryl methyl sites for hydroxylation is 1. The summed E-state index contributed by atoms with van der Waals surface area (Å²) in [6.07, 6.45) is 2.00. The van der Waals surface area contributed by atoms with E-state index in [2.05, 4.69) is 16.7 Å². The number of amides is 3. The summed E-state index contributed by atoms with van der Waals surface area (Å²) in [5, 5.41) is 16.0. The van der Waals surface area contributed by atoms with Crippen molar-refractivity contribution in [1.82, 2.24) is 14.5 Å². The molecule has 0 fully saturated rings. The van der Waals surface area contributed by atoms with Crippen molar-refractivity contribution in [2.45, 2.75) is 56.2 Å². The van der Waals surface area contributed by atoms with Crippen LogP contribution in [0.4, 0.5) is 10.5 Å². The van der Waals surface area contributed by atoms with Crippen molar-refractivity contribution in [1.29, 1.82) is 0 Å². The largest absolute Gasteiger partial charge is 0.497 e. The maximum absolute atomic E-state index is 13.8. The smallest absolute Gasteiger partial charge is 0.319 e. The molecule has 1 heterocycles. The van der Waals surface area contributed by atoms with Gasteiger partial charge in [0.05, 0.1) is 48.5 Å². The predicted molar refractivity (Wildman–Crippen MR) is 175 cm³/mol. The number of hydrogen-bond acceptors (Lipinski definition) is 7. The van der Waals surface area contributed by atoms with Gasteiger partial charge < -0.3 is 30.1 Å². The van der Waals surface area contributed by atoms with Crippen molar-refractivity contribution in [3.05, 3.63) is 83.4 Å². The number of nitrogens with one attached hydrogen (secondary N) is 2. The van der Waals surface area contributed by atoms with Gasteiger partial charge >= 0.3 is 6.03 Å². The molecule has 4 atom stereocenters. The van der Waals surface area contributed by atoms with E-state index in [9.17, 15) is 23.1 Å². The van der Waals surface area contributed by atoms with Gasteiger partial charge in [-0.1, -0.05) is 37.3 Å². The Morgan fingerprint density at radius 1 is 1.13 bits per heavy atom. The molecule has 0 saturated heterocycles. The summed E-state index contributed by atoms with van der Waals surface area (Å²) in [4.78, 5) is 28.9. The number of nitrogens with zero attached hydrogens (tertiary/aromatic N) is 2. The molecule has 1 aliphatic carbocycles. The monoisotopic (exact) mass is 650 g/mol. The highest BCUT2D eigenvalue weighted by atomic mass is 32.2. The Balaban J connectivity index is 1.44. The zero-order chi connectivity index (χ0) is 33.0. The molecule has 3 aromatic carbocycles. The van der Waals surface area contributed by atoms with Crippen LogP contribution in [-0.4, -0.2) is 80.7 Å². The van der Waals surface area contributed by atoms with E-state index >= 15 is 0 Å². The average molecular weight is 651 g/mol. The van der Waals surface area contributed by atoms with Gasteiger partial charge in [-0.15, -0.1) is 0 Å². The summed E-state index contributed by atoms with van der Waals surface area (Å²) in [6, 6.07) is 18.0. The predicted octanol–water partition coefficient (Wildman–Crippen LogP) is 4.44. The lowest BCUT2D eigenvalue weighted by atomic mass is 9.88. The molecule has 1 unspecified atom stereocenters. The number of fused-ring (bicyclic) bond motifs is 2. The van der Waals surface area contributed by atoms with Crippen molar-refractivity contribution in [3.63, 3.8) is 0 Å². The summed E-state index contributed by atoms with van der Waals surface area (Å²) in [5.41, 5.74) is 2.78. The molecule has 46 heavy (non-hydrogen) atoms. The number of aliphatic hydroxyl groups is 1. The molecular formula is C34H42N4O7S. The Morgan fingerprint density at radius 2 is 1.87 bits per heavy atom. The number of carbonyl (C=O) groups excluding carboxylic acids is 2. The van der Waals surface area contributed by atoms with Crippen LogP contribution in [0.15, 0.2) is 71.6 Å². The Kier molecular flexibility index (Phi) is 10.2. The molecule has 0 saturated carbocycles. The normalized spacial score (nSPS) is 20.4. The third-order valence-electron chi connectivity index (χ3n) is 8.82. The molecule has 12 heteroatoms. The molecular weight excluding hydrogens is 608 g/mol. The number of likely N-dealkylation sites (N-methyl/N-ethyl adjacent to an activating group) is 1. The maximum atomic E-state index is 13.8. The van der Waals surface area contributed by atoms with Gasteiger partial charge in [-0.05, 0) is 73.7 Å². The number of carbonyl (C=O) groups is 2. The molecule has 3 aromatic rings. The van der Waals surface area contributed by atoms with Gasteiger partial charge in [0.1, 0.15) is 11.9 Å². The van der Waals surface area contributed by atoms with Gasteiger partial charge in [0.25, 0.3) is 5.91 Å². The van der Waals surface area contributed by atoms with E-state index in [4.69, 9.17) is 9.47 Å². The Morgan fingerprint density at radius 3 is 2.59 bits per heavy atom. The quantitative estimate of drug-likeness (QED) is 0.312. The summed E-state index contributed by atoms with van der Waals surface area (Å²) < 4.78 is 40.0. The first-order valence-corrected chi connectivity index (χ1v) is 16.9. The van der Waals surface area contributed by atoms with Crippen molar-refractivity contribution in [2.24, 2.45) is 5.92 Å². The van der Waals surface area contributed by atoms with Crippen molar-refractivity contribution >= 4 is 27.6 Å². The van der Waals surface area contributed by atoms with E-state index in [1.165, 1.54) is 36.2 Å². The lowest BCUT2D eigenvalue weighted by Crippen LogP contribution is -2.50. The van der Waals surface area contributed by atoms with Crippen LogP contribution in [0.2, 0.25) is 0 Å². The van der Waals surface area contributed by atoms with Crippen LogP contribution in [0.3, 0.4) is 0 Å². The van der Waals surface area contributed by atoms with Crippen LogP contribution in [0, 0.1) is 5.92 Å². The maximum Gasteiger partial charge on any atom is 0.319 e. The van der Waals surface area contributed by atoms with Crippen LogP contribution in [0.5, 0.6) is 11.5 Å². The minimum atomic E-state index is -3.90. The zero-order valence-corrected chi connectivity index (χ0v) is 27.4. The highest BCUT2D eigenvalue weighted by molar-refractivity contribution is 7.89. The van der Waals surface area contributed by atoms with Gasteiger partial charge in [0.2, 0.25) is 10.0 Å². The number of rotatable bonds is 9. The molecule has 0 spiro atoms. The highest BCUT2D eigenvalue weighted by Crippen LogP contribution is 2.36. The van der Waals surface area contributed by atoms with Crippen LogP contribution in [0.1, 0.15) is 54.2 Å². The lowest BCUT2D eigenvalue weighted by molar-refractivity contribution is 0.0389. The van der Waals surface area contributed by atoms with Gasteiger partial charge in [-0.3, -0.25) is 4.79 Å². The number of anilines is 1. The fraction of sp³-hybridized carbons (Fsp3) is 0.412. The Labute approximate surface area is 270 Å². The van der Waals surface area contributed by atoms with Gasteiger partial charge in [-0.25, -0.2) is 13.2 Å². The minimum Gasteiger partial charge on any atom is -0.497 e. The summed E-state index contributed by atoms with van der Waals surface area (Å²) in [5.74, 6) is -0.0186. The van der Waals surface area contributed by atoms with Crippen LogP contribution >= 0.6 is 0 Å². The second-order valence-corrected chi connectivity index (χ2v) is 14.1. The fourth-order valence-electron chi connectivity index (χ4n) is 6.06. The second-order valence-electron chi connectivity index (χ2n) is 12.0. The van der Waals surface area contributed by atoms with E-state index in [1.54, 1.807) is 42.2 Å². The molecule has 3 amide bonds. The summed E-state index contributed by atoms with van der Waals surface area (Å²) >= 11 is 0. The van der Waals surface area contributed by atoms with E-state index in [0.717, 1.165) is 24.8 Å². The number of aliphatic hydroxyl groups excluding tert-OH is 1. The molecule has 0 bridgehead atoms. The van der Waals surface area contributed by atoms with Crippen molar-refractivity contribution < 1.29 is 32.6 Å². The van der Waals surface area contributed by atoms with Gasteiger partial charge in [0, 0.05) is 19.5 Å². The average Bonchev–Trinajstić information content (AvgIpc) is 3.06. The zero-order valence-electron chi connectivity index (χ0n) is 26.6. The van der Waals surface area contributed by atoms with E-state index in [1.807, 2.05) is 25.1 Å². The number of methoxy groups -OCH3 is 1. The molecule has 5 rings (SSSR count).